The summed E-state index contributed by atoms with van der Waals surface area (Å²) in [7, 11) is 0. The molecule has 0 aromatic carbocycles. The van der Waals surface area contributed by atoms with Crippen molar-refractivity contribution in [1.82, 2.24) is 24.7 Å². The fourth-order valence-electron chi connectivity index (χ4n) is 1.61. The number of thiophene rings is 1. The van der Waals surface area contributed by atoms with Gasteiger partial charge in [-0.1, -0.05) is 13.0 Å². The Morgan fingerprint density at radius 2 is 2.24 bits per heavy atom. The van der Waals surface area contributed by atoms with Crippen molar-refractivity contribution in [2.75, 3.05) is 11.9 Å². The minimum Gasteiger partial charge on any atom is -0.354 e. The van der Waals surface area contributed by atoms with Crippen molar-refractivity contribution in [2.45, 2.75) is 22.7 Å². The Bertz CT molecular complexity index is 681. The molecule has 0 fully saturated rings. The van der Waals surface area contributed by atoms with Crippen LogP contribution in [0, 0.1) is 0 Å². The van der Waals surface area contributed by atoms with Gasteiger partial charge in [0.2, 0.25) is 5.95 Å². The highest BCUT2D eigenvalue weighted by Gasteiger charge is 2.10. The first-order chi connectivity index (χ1) is 10.3. The van der Waals surface area contributed by atoms with Gasteiger partial charge in [-0.25, -0.2) is 4.68 Å². The summed E-state index contributed by atoms with van der Waals surface area (Å²) in [5.74, 6) is 1.10. The Morgan fingerprint density at radius 3 is 2.95 bits per heavy atom. The van der Waals surface area contributed by atoms with Crippen molar-refractivity contribution in [3.05, 3.63) is 36.0 Å². The van der Waals surface area contributed by atoms with Crippen LogP contribution in [0.3, 0.4) is 0 Å². The fraction of sp³-hybridized carbons (Fsp3) is 0.231. The molecule has 0 amide bonds. The molecule has 0 aliphatic rings. The van der Waals surface area contributed by atoms with E-state index in [0.29, 0.717) is 17.1 Å². The van der Waals surface area contributed by atoms with E-state index in [1.54, 1.807) is 22.2 Å². The standard InChI is InChI=1S/C13H14N6S2/c1-2-6-14-11-16-12(19-8-4-7-15-19)18-13(17-11)21-10-5-3-9-20-10/h3-5,7-9H,2,6H2,1H3,(H,14,16,17,18). The Hall–Kier alpha value is -1.93. The van der Waals surface area contributed by atoms with Gasteiger partial charge in [-0.3, -0.25) is 0 Å². The average molecular weight is 318 g/mol. The van der Waals surface area contributed by atoms with Crippen LogP contribution in [-0.4, -0.2) is 31.3 Å². The second kappa shape index (κ2) is 6.68. The zero-order valence-electron chi connectivity index (χ0n) is 11.4. The summed E-state index contributed by atoms with van der Waals surface area (Å²) in [6, 6.07) is 5.90. The summed E-state index contributed by atoms with van der Waals surface area (Å²) in [6.07, 6.45) is 4.53. The predicted molar refractivity (Wildman–Crippen MR) is 84.2 cm³/mol. The first-order valence-electron chi connectivity index (χ1n) is 6.56. The molecule has 3 aromatic heterocycles. The van der Waals surface area contributed by atoms with E-state index in [1.807, 2.05) is 29.8 Å². The smallest absolute Gasteiger partial charge is 0.256 e. The lowest BCUT2D eigenvalue weighted by Gasteiger charge is -2.07. The molecular formula is C13H14N6S2. The predicted octanol–water partition coefficient (Wildman–Crippen LogP) is 3.09. The van der Waals surface area contributed by atoms with Crippen LogP contribution in [0.2, 0.25) is 0 Å². The molecule has 0 bridgehead atoms. The Labute approximate surface area is 130 Å². The van der Waals surface area contributed by atoms with Crippen molar-refractivity contribution in [3.8, 4) is 5.95 Å². The van der Waals surface area contributed by atoms with E-state index >= 15 is 0 Å². The molecule has 8 heteroatoms. The third-order valence-electron chi connectivity index (χ3n) is 2.53. The van der Waals surface area contributed by atoms with Crippen LogP contribution >= 0.6 is 23.1 Å². The average Bonchev–Trinajstić information content (AvgIpc) is 3.18. The minimum atomic E-state index is 0.521. The number of rotatable bonds is 6. The Morgan fingerprint density at radius 1 is 1.29 bits per heavy atom. The van der Waals surface area contributed by atoms with Crippen LogP contribution < -0.4 is 5.32 Å². The molecule has 3 rings (SSSR count). The third-order valence-corrected chi connectivity index (χ3v) is 4.44. The number of hydrogen-bond acceptors (Lipinski definition) is 7. The maximum atomic E-state index is 4.47. The molecule has 0 atom stereocenters. The maximum absolute atomic E-state index is 4.47. The fourth-order valence-corrected chi connectivity index (χ4v) is 3.23. The van der Waals surface area contributed by atoms with Gasteiger partial charge in [-0.05, 0) is 35.7 Å². The van der Waals surface area contributed by atoms with Crippen molar-refractivity contribution >= 4 is 29.0 Å². The van der Waals surface area contributed by atoms with Gasteiger partial charge < -0.3 is 5.32 Å². The summed E-state index contributed by atoms with van der Waals surface area (Å²) in [5.41, 5.74) is 0. The van der Waals surface area contributed by atoms with Gasteiger partial charge in [-0.2, -0.15) is 20.1 Å². The molecular weight excluding hydrogens is 304 g/mol. The molecule has 1 N–H and O–H groups in total. The number of nitrogens with one attached hydrogen (secondary N) is 1. The molecule has 21 heavy (non-hydrogen) atoms. The van der Waals surface area contributed by atoms with Gasteiger partial charge in [0.05, 0.1) is 4.21 Å². The summed E-state index contributed by atoms with van der Waals surface area (Å²) in [4.78, 5) is 13.3. The van der Waals surface area contributed by atoms with Crippen molar-refractivity contribution < 1.29 is 0 Å². The number of nitrogens with zero attached hydrogens (tertiary/aromatic N) is 5. The normalized spacial score (nSPS) is 10.7. The molecule has 3 aromatic rings. The highest BCUT2D eigenvalue weighted by molar-refractivity contribution is 8.01. The Balaban J connectivity index is 1.92. The van der Waals surface area contributed by atoms with Crippen LogP contribution in [0.25, 0.3) is 5.95 Å². The largest absolute Gasteiger partial charge is 0.354 e. The molecule has 0 aliphatic carbocycles. The second-order valence-corrected chi connectivity index (χ2v) is 6.37. The van der Waals surface area contributed by atoms with Crippen LogP contribution in [-0.2, 0) is 0 Å². The van der Waals surface area contributed by atoms with Gasteiger partial charge in [0.15, 0.2) is 5.16 Å². The minimum absolute atomic E-state index is 0.521. The van der Waals surface area contributed by atoms with Gasteiger partial charge in [0.1, 0.15) is 0 Å². The quantitative estimate of drug-likeness (QED) is 0.753. The van der Waals surface area contributed by atoms with Gasteiger partial charge in [0, 0.05) is 18.9 Å². The first-order valence-corrected chi connectivity index (χ1v) is 8.26. The number of aromatic nitrogens is 5. The second-order valence-electron chi connectivity index (χ2n) is 4.15. The summed E-state index contributed by atoms with van der Waals surface area (Å²) in [6.45, 7) is 2.93. The third kappa shape index (κ3) is 3.59. The number of hydrogen-bond donors (Lipinski definition) is 1. The molecule has 6 nitrogen and oxygen atoms in total. The molecule has 0 aliphatic heterocycles. The van der Waals surface area contributed by atoms with Crippen LogP contribution in [0.15, 0.2) is 45.3 Å². The number of anilines is 1. The van der Waals surface area contributed by atoms with Gasteiger partial charge in [-0.15, -0.1) is 11.3 Å². The van der Waals surface area contributed by atoms with E-state index in [2.05, 4.69) is 32.3 Å². The van der Waals surface area contributed by atoms with Crippen molar-refractivity contribution in [1.29, 1.82) is 0 Å². The zero-order valence-corrected chi connectivity index (χ0v) is 13.1. The lowest BCUT2D eigenvalue weighted by molar-refractivity contribution is 0.758. The molecule has 0 unspecified atom stereocenters. The molecule has 0 radical (unpaired) electrons. The molecule has 0 saturated heterocycles. The Kier molecular flexibility index (Phi) is 4.46. The molecule has 3 heterocycles. The van der Waals surface area contributed by atoms with E-state index < -0.39 is 0 Å². The van der Waals surface area contributed by atoms with E-state index in [4.69, 9.17) is 0 Å². The monoisotopic (exact) mass is 318 g/mol. The topological polar surface area (TPSA) is 68.5 Å². The zero-order chi connectivity index (χ0) is 14.5. The SMILES string of the molecule is CCCNc1nc(Sc2cccs2)nc(-n2cccn2)n1. The lowest BCUT2D eigenvalue weighted by atomic mass is 10.5. The summed E-state index contributed by atoms with van der Waals surface area (Å²) in [5, 5.41) is 10.1. The van der Waals surface area contributed by atoms with E-state index in [-0.39, 0.29) is 0 Å². The summed E-state index contributed by atoms with van der Waals surface area (Å²) >= 11 is 3.19. The summed E-state index contributed by atoms with van der Waals surface area (Å²) < 4.78 is 2.78. The lowest BCUT2D eigenvalue weighted by Crippen LogP contribution is -2.10. The first kappa shape index (κ1) is 14.0. The molecule has 0 spiro atoms. The van der Waals surface area contributed by atoms with Crippen LogP contribution in [0.4, 0.5) is 5.95 Å². The maximum Gasteiger partial charge on any atom is 0.256 e. The molecule has 0 saturated carbocycles. The van der Waals surface area contributed by atoms with E-state index in [1.165, 1.54) is 11.8 Å². The van der Waals surface area contributed by atoms with Gasteiger partial charge in [0.25, 0.3) is 5.95 Å². The highest BCUT2D eigenvalue weighted by atomic mass is 32.2. The highest BCUT2D eigenvalue weighted by Crippen LogP contribution is 2.29. The van der Waals surface area contributed by atoms with Crippen LogP contribution in [0.5, 0.6) is 0 Å². The van der Waals surface area contributed by atoms with Crippen molar-refractivity contribution in [2.24, 2.45) is 0 Å². The van der Waals surface area contributed by atoms with E-state index in [9.17, 15) is 0 Å². The van der Waals surface area contributed by atoms with E-state index in [0.717, 1.165) is 17.2 Å². The van der Waals surface area contributed by atoms with Crippen LogP contribution in [0.1, 0.15) is 13.3 Å². The van der Waals surface area contributed by atoms with Gasteiger partial charge >= 0.3 is 0 Å². The van der Waals surface area contributed by atoms with Crippen molar-refractivity contribution in [3.63, 3.8) is 0 Å². The molecule has 108 valence electrons.